The number of benzene rings is 2. The maximum absolute atomic E-state index is 12.8. The molecule has 0 saturated heterocycles. The highest BCUT2D eigenvalue weighted by atomic mass is 19.4. The van der Waals surface area contributed by atoms with Gasteiger partial charge in [0.1, 0.15) is 0 Å². The molecule has 0 atom stereocenters. The van der Waals surface area contributed by atoms with E-state index in [0.717, 1.165) is 17.7 Å². The molecular weight excluding hydrogens is 293 g/mol. The first-order chi connectivity index (χ1) is 10.4. The topological polar surface area (TPSA) is 37.8 Å². The highest BCUT2D eigenvalue weighted by Gasteiger charge is 2.30. The molecule has 0 aliphatic carbocycles. The molecule has 6 heteroatoms. The van der Waals surface area contributed by atoms with Crippen LogP contribution in [-0.2, 0) is 12.7 Å². The van der Waals surface area contributed by atoms with Gasteiger partial charge in [-0.3, -0.25) is 4.57 Å². The van der Waals surface area contributed by atoms with Crippen molar-refractivity contribution in [1.82, 2.24) is 9.55 Å². The molecule has 1 N–H and O–H groups in total. The van der Waals surface area contributed by atoms with Gasteiger partial charge < -0.3 is 4.98 Å². The Morgan fingerprint density at radius 2 is 1.86 bits per heavy atom. The second kappa shape index (κ2) is 5.05. The van der Waals surface area contributed by atoms with Crippen LogP contribution in [-0.4, -0.2) is 9.55 Å². The molecule has 0 amide bonds. The van der Waals surface area contributed by atoms with Crippen molar-refractivity contribution in [3.63, 3.8) is 0 Å². The number of hydrogen-bond acceptors (Lipinski definition) is 1. The second-order valence-corrected chi connectivity index (χ2v) is 5.18. The van der Waals surface area contributed by atoms with Gasteiger partial charge in [0.2, 0.25) is 0 Å². The first-order valence-corrected chi connectivity index (χ1v) is 6.70. The third-order valence-electron chi connectivity index (χ3n) is 3.61. The zero-order chi connectivity index (χ0) is 15.9. The Labute approximate surface area is 124 Å². The average molecular weight is 306 g/mol. The Kier molecular flexibility index (Phi) is 3.31. The number of halogens is 3. The predicted molar refractivity (Wildman–Crippen MR) is 77.8 cm³/mol. The standard InChI is InChI=1S/C16H13F3N2O/c1-10-4-2-7-13-14(10)20-15(22)21(13)9-11-5-3-6-12(8-11)16(17,18)19/h2-8H,9H2,1H3,(H,20,22). The maximum Gasteiger partial charge on any atom is 0.416 e. The van der Waals surface area contributed by atoms with E-state index in [0.29, 0.717) is 16.6 Å². The van der Waals surface area contributed by atoms with Gasteiger partial charge in [-0.2, -0.15) is 13.2 Å². The molecule has 1 heterocycles. The lowest BCUT2D eigenvalue weighted by Gasteiger charge is -2.09. The van der Waals surface area contributed by atoms with Crippen LogP contribution in [0.2, 0.25) is 0 Å². The van der Waals surface area contributed by atoms with E-state index in [2.05, 4.69) is 4.98 Å². The molecule has 0 unspecified atom stereocenters. The summed E-state index contributed by atoms with van der Waals surface area (Å²) in [5.74, 6) is 0. The minimum Gasteiger partial charge on any atom is -0.305 e. The quantitative estimate of drug-likeness (QED) is 0.770. The number of rotatable bonds is 2. The van der Waals surface area contributed by atoms with Crippen LogP contribution in [0.15, 0.2) is 47.3 Å². The summed E-state index contributed by atoms with van der Waals surface area (Å²) in [7, 11) is 0. The number of aryl methyl sites for hydroxylation is 1. The van der Waals surface area contributed by atoms with Gasteiger partial charge in [0, 0.05) is 0 Å². The lowest BCUT2D eigenvalue weighted by molar-refractivity contribution is -0.137. The van der Waals surface area contributed by atoms with Crippen molar-refractivity contribution < 1.29 is 13.2 Å². The number of fused-ring (bicyclic) bond motifs is 1. The van der Waals surface area contributed by atoms with Gasteiger partial charge in [0.25, 0.3) is 0 Å². The van der Waals surface area contributed by atoms with Crippen LogP contribution < -0.4 is 5.69 Å². The summed E-state index contributed by atoms with van der Waals surface area (Å²) in [4.78, 5) is 14.8. The molecule has 0 aliphatic rings. The number of H-pyrrole nitrogens is 1. The molecule has 0 radical (unpaired) electrons. The molecule has 3 rings (SSSR count). The maximum atomic E-state index is 12.8. The number of alkyl halides is 3. The Morgan fingerprint density at radius 3 is 2.59 bits per heavy atom. The van der Waals surface area contributed by atoms with E-state index in [1.165, 1.54) is 10.6 Å². The molecule has 0 bridgehead atoms. The van der Waals surface area contributed by atoms with Crippen molar-refractivity contribution in [3.8, 4) is 0 Å². The molecule has 0 spiro atoms. The second-order valence-electron chi connectivity index (χ2n) is 5.18. The van der Waals surface area contributed by atoms with Crippen LogP contribution in [0.25, 0.3) is 11.0 Å². The van der Waals surface area contributed by atoms with Gasteiger partial charge in [-0.25, -0.2) is 4.79 Å². The van der Waals surface area contributed by atoms with Crippen molar-refractivity contribution in [3.05, 3.63) is 69.6 Å². The fourth-order valence-corrected chi connectivity index (χ4v) is 2.51. The Bertz CT molecular complexity index is 890. The van der Waals surface area contributed by atoms with E-state index in [1.807, 2.05) is 19.1 Å². The number of nitrogens with one attached hydrogen (secondary N) is 1. The van der Waals surface area contributed by atoms with Gasteiger partial charge in [0.05, 0.1) is 23.1 Å². The van der Waals surface area contributed by atoms with E-state index in [1.54, 1.807) is 12.1 Å². The molecule has 22 heavy (non-hydrogen) atoms. The van der Waals surface area contributed by atoms with Crippen LogP contribution in [0.3, 0.4) is 0 Å². The fraction of sp³-hybridized carbons (Fsp3) is 0.188. The zero-order valence-corrected chi connectivity index (χ0v) is 11.7. The average Bonchev–Trinajstić information content (AvgIpc) is 2.77. The SMILES string of the molecule is Cc1cccc2c1[nH]c(=O)n2Cc1cccc(C(F)(F)F)c1. The third kappa shape index (κ3) is 2.52. The molecule has 0 aliphatic heterocycles. The number of aromatic amines is 1. The first-order valence-electron chi connectivity index (χ1n) is 6.70. The summed E-state index contributed by atoms with van der Waals surface area (Å²) in [5.41, 5.74) is 1.69. The number of imidazole rings is 1. The number of aromatic nitrogens is 2. The van der Waals surface area contributed by atoms with E-state index >= 15 is 0 Å². The van der Waals surface area contributed by atoms with Gasteiger partial charge in [-0.05, 0) is 36.2 Å². The van der Waals surface area contributed by atoms with Crippen LogP contribution in [0.5, 0.6) is 0 Å². The fourth-order valence-electron chi connectivity index (χ4n) is 2.51. The number of nitrogens with zero attached hydrogens (tertiary/aromatic N) is 1. The lowest BCUT2D eigenvalue weighted by atomic mass is 10.1. The minimum atomic E-state index is -4.39. The van der Waals surface area contributed by atoms with Crippen LogP contribution in [0, 0.1) is 6.92 Å². The third-order valence-corrected chi connectivity index (χ3v) is 3.61. The van der Waals surface area contributed by atoms with Crippen LogP contribution in [0.1, 0.15) is 16.7 Å². The smallest absolute Gasteiger partial charge is 0.305 e. The summed E-state index contributed by atoms with van der Waals surface area (Å²) in [5, 5.41) is 0. The van der Waals surface area contributed by atoms with Crippen molar-refractivity contribution in [2.45, 2.75) is 19.6 Å². The van der Waals surface area contributed by atoms with E-state index < -0.39 is 11.7 Å². The van der Waals surface area contributed by atoms with Crippen molar-refractivity contribution in [2.75, 3.05) is 0 Å². The monoisotopic (exact) mass is 306 g/mol. The lowest BCUT2D eigenvalue weighted by Crippen LogP contribution is -2.17. The number of para-hydroxylation sites is 1. The van der Waals surface area contributed by atoms with E-state index in [-0.39, 0.29) is 12.2 Å². The highest BCUT2D eigenvalue weighted by molar-refractivity contribution is 5.78. The van der Waals surface area contributed by atoms with Crippen molar-refractivity contribution in [1.29, 1.82) is 0 Å². The largest absolute Gasteiger partial charge is 0.416 e. The van der Waals surface area contributed by atoms with Gasteiger partial charge in [-0.15, -0.1) is 0 Å². The normalized spacial score (nSPS) is 12.0. The van der Waals surface area contributed by atoms with Gasteiger partial charge >= 0.3 is 11.9 Å². The van der Waals surface area contributed by atoms with E-state index in [9.17, 15) is 18.0 Å². The number of hydrogen-bond donors (Lipinski definition) is 1. The Morgan fingerprint density at radius 1 is 1.14 bits per heavy atom. The van der Waals surface area contributed by atoms with Crippen molar-refractivity contribution >= 4 is 11.0 Å². The molecule has 1 aromatic heterocycles. The molecular formula is C16H13F3N2O. The molecule has 3 aromatic rings. The van der Waals surface area contributed by atoms with E-state index in [4.69, 9.17) is 0 Å². The van der Waals surface area contributed by atoms with Gasteiger partial charge in [0.15, 0.2) is 0 Å². The van der Waals surface area contributed by atoms with Crippen LogP contribution in [0.4, 0.5) is 13.2 Å². The Hall–Kier alpha value is -2.50. The Balaban J connectivity index is 2.06. The summed E-state index contributed by atoms with van der Waals surface area (Å²) in [6.45, 7) is 1.96. The minimum absolute atomic E-state index is 0.0895. The summed E-state index contributed by atoms with van der Waals surface area (Å²) in [6, 6.07) is 10.5. The first kappa shape index (κ1) is 14.4. The highest BCUT2D eigenvalue weighted by Crippen LogP contribution is 2.29. The summed E-state index contributed by atoms with van der Waals surface area (Å²) >= 11 is 0. The predicted octanol–water partition coefficient (Wildman–Crippen LogP) is 3.71. The summed E-state index contributed by atoms with van der Waals surface area (Å²) < 4.78 is 39.7. The molecule has 3 nitrogen and oxygen atoms in total. The molecule has 0 fully saturated rings. The summed E-state index contributed by atoms with van der Waals surface area (Å²) in [6.07, 6.45) is -4.39. The van der Waals surface area contributed by atoms with Gasteiger partial charge in [-0.1, -0.05) is 24.3 Å². The molecule has 114 valence electrons. The molecule has 0 saturated carbocycles. The zero-order valence-electron chi connectivity index (χ0n) is 11.7. The van der Waals surface area contributed by atoms with Crippen molar-refractivity contribution in [2.24, 2.45) is 0 Å². The van der Waals surface area contributed by atoms with Crippen LogP contribution >= 0.6 is 0 Å². The molecule has 2 aromatic carbocycles.